The van der Waals surface area contributed by atoms with Crippen molar-refractivity contribution in [3.8, 4) is 0 Å². The number of carbonyl (C=O) groups is 1. The van der Waals surface area contributed by atoms with Gasteiger partial charge in [0.15, 0.2) is 0 Å². The van der Waals surface area contributed by atoms with Gasteiger partial charge in [0.25, 0.3) is 5.91 Å². The van der Waals surface area contributed by atoms with E-state index in [2.05, 4.69) is 22.2 Å². The van der Waals surface area contributed by atoms with Crippen LogP contribution in [0.3, 0.4) is 0 Å². The second kappa shape index (κ2) is 5.12. The Balaban J connectivity index is 2.07. The van der Waals surface area contributed by atoms with Gasteiger partial charge in [-0.3, -0.25) is 4.79 Å². The zero-order valence-electron chi connectivity index (χ0n) is 10.3. The van der Waals surface area contributed by atoms with Crippen molar-refractivity contribution in [3.63, 3.8) is 0 Å². The fraction of sp³-hybridized carbons (Fsp3) is 0.583. The van der Waals surface area contributed by atoms with Crippen LogP contribution in [0.2, 0.25) is 0 Å². The van der Waals surface area contributed by atoms with Gasteiger partial charge in [-0.25, -0.2) is 9.97 Å². The summed E-state index contributed by atoms with van der Waals surface area (Å²) in [6, 6.07) is 0. The third kappa shape index (κ3) is 2.72. The number of piperidine rings is 1. The van der Waals surface area contributed by atoms with Gasteiger partial charge in [-0.2, -0.15) is 0 Å². The molecule has 5 heteroatoms. The zero-order chi connectivity index (χ0) is 12.3. The van der Waals surface area contributed by atoms with Crippen LogP contribution in [-0.4, -0.2) is 40.9 Å². The maximum absolute atomic E-state index is 12.1. The van der Waals surface area contributed by atoms with Gasteiger partial charge in [-0.15, -0.1) is 0 Å². The van der Waals surface area contributed by atoms with E-state index >= 15 is 0 Å². The number of hydrogen-bond donors (Lipinski definition) is 1. The van der Waals surface area contributed by atoms with Crippen molar-refractivity contribution in [3.05, 3.63) is 18.1 Å². The molecule has 1 aliphatic heterocycles. The molecule has 1 aromatic rings. The first-order chi connectivity index (χ1) is 8.20. The number of carbonyl (C=O) groups excluding carboxylic acids is 1. The number of likely N-dealkylation sites (tertiary alicyclic amines) is 1. The van der Waals surface area contributed by atoms with E-state index in [9.17, 15) is 4.79 Å². The average molecular weight is 234 g/mol. The molecule has 1 unspecified atom stereocenters. The predicted octanol–water partition coefficient (Wildman–Crippen LogP) is 1.39. The summed E-state index contributed by atoms with van der Waals surface area (Å²) < 4.78 is 0. The third-order valence-electron chi connectivity index (χ3n) is 3.07. The van der Waals surface area contributed by atoms with Gasteiger partial charge < -0.3 is 10.2 Å². The Morgan fingerprint density at radius 1 is 1.47 bits per heavy atom. The third-order valence-corrected chi connectivity index (χ3v) is 3.07. The molecule has 1 atom stereocenters. The molecule has 0 bridgehead atoms. The van der Waals surface area contributed by atoms with Crippen LogP contribution in [0.25, 0.3) is 0 Å². The Labute approximate surface area is 101 Å². The molecule has 17 heavy (non-hydrogen) atoms. The molecule has 0 aromatic carbocycles. The Morgan fingerprint density at radius 3 is 2.88 bits per heavy atom. The standard InChI is InChI=1S/C12H18N4O/c1-9-4-3-5-16(8-9)12(17)10-6-15-11(13-2)7-14-10/h6-7,9H,3-5,8H2,1-2H3,(H,13,15). The summed E-state index contributed by atoms with van der Waals surface area (Å²) in [5.41, 5.74) is 0.429. The van der Waals surface area contributed by atoms with Crippen molar-refractivity contribution in [1.29, 1.82) is 0 Å². The van der Waals surface area contributed by atoms with Crippen LogP contribution in [0.4, 0.5) is 5.82 Å². The molecule has 1 N–H and O–H groups in total. The zero-order valence-corrected chi connectivity index (χ0v) is 10.3. The first-order valence-corrected chi connectivity index (χ1v) is 5.99. The van der Waals surface area contributed by atoms with E-state index in [1.165, 1.54) is 12.6 Å². The minimum absolute atomic E-state index is 0.00768. The van der Waals surface area contributed by atoms with Crippen LogP contribution in [-0.2, 0) is 0 Å². The number of nitrogens with zero attached hydrogens (tertiary/aromatic N) is 3. The molecule has 0 aliphatic carbocycles. The van der Waals surface area contributed by atoms with Crippen molar-refractivity contribution < 1.29 is 4.79 Å². The lowest BCUT2D eigenvalue weighted by atomic mass is 10.0. The van der Waals surface area contributed by atoms with Crippen LogP contribution in [0.1, 0.15) is 30.3 Å². The average Bonchev–Trinajstić information content (AvgIpc) is 2.38. The molecule has 1 saturated heterocycles. The molecule has 92 valence electrons. The molecular weight excluding hydrogens is 216 g/mol. The van der Waals surface area contributed by atoms with E-state index in [4.69, 9.17) is 0 Å². The number of aromatic nitrogens is 2. The number of rotatable bonds is 2. The highest BCUT2D eigenvalue weighted by molar-refractivity contribution is 5.92. The largest absolute Gasteiger partial charge is 0.372 e. The van der Waals surface area contributed by atoms with E-state index in [0.717, 1.165) is 19.5 Å². The van der Waals surface area contributed by atoms with Crippen molar-refractivity contribution in [2.24, 2.45) is 5.92 Å². The van der Waals surface area contributed by atoms with E-state index in [1.807, 2.05) is 4.90 Å². The highest BCUT2D eigenvalue weighted by Gasteiger charge is 2.22. The van der Waals surface area contributed by atoms with Crippen LogP contribution >= 0.6 is 0 Å². The van der Waals surface area contributed by atoms with Crippen LogP contribution in [0.15, 0.2) is 12.4 Å². The molecule has 2 rings (SSSR count). The van der Waals surface area contributed by atoms with Crippen LogP contribution in [0.5, 0.6) is 0 Å². The first-order valence-electron chi connectivity index (χ1n) is 5.99. The molecule has 0 saturated carbocycles. The van der Waals surface area contributed by atoms with Crippen LogP contribution in [0, 0.1) is 5.92 Å². The highest BCUT2D eigenvalue weighted by Crippen LogP contribution is 2.17. The monoisotopic (exact) mass is 234 g/mol. The summed E-state index contributed by atoms with van der Waals surface area (Å²) in [5.74, 6) is 1.25. The number of hydrogen-bond acceptors (Lipinski definition) is 4. The Morgan fingerprint density at radius 2 is 2.29 bits per heavy atom. The van der Waals surface area contributed by atoms with Crippen molar-refractivity contribution in [2.75, 3.05) is 25.5 Å². The highest BCUT2D eigenvalue weighted by atomic mass is 16.2. The minimum atomic E-state index is -0.00768. The lowest BCUT2D eigenvalue weighted by Gasteiger charge is -2.30. The lowest BCUT2D eigenvalue weighted by Crippen LogP contribution is -2.39. The van der Waals surface area contributed by atoms with E-state index in [1.54, 1.807) is 13.2 Å². The van der Waals surface area contributed by atoms with E-state index in [-0.39, 0.29) is 5.91 Å². The second-order valence-electron chi connectivity index (χ2n) is 4.54. The molecule has 5 nitrogen and oxygen atoms in total. The van der Waals surface area contributed by atoms with Gasteiger partial charge in [0.05, 0.1) is 12.4 Å². The summed E-state index contributed by atoms with van der Waals surface area (Å²) in [6.45, 7) is 3.84. The normalized spacial score (nSPS) is 20.1. The minimum Gasteiger partial charge on any atom is -0.372 e. The summed E-state index contributed by atoms with van der Waals surface area (Å²) in [7, 11) is 1.78. The summed E-state index contributed by atoms with van der Waals surface area (Å²) >= 11 is 0. The molecule has 1 fully saturated rings. The molecule has 1 aliphatic rings. The predicted molar refractivity (Wildman–Crippen MR) is 65.9 cm³/mol. The first kappa shape index (κ1) is 11.8. The molecule has 1 aromatic heterocycles. The fourth-order valence-electron chi connectivity index (χ4n) is 2.10. The Bertz CT molecular complexity index is 390. The Hall–Kier alpha value is -1.65. The van der Waals surface area contributed by atoms with E-state index in [0.29, 0.717) is 17.4 Å². The fourth-order valence-corrected chi connectivity index (χ4v) is 2.10. The quantitative estimate of drug-likeness (QED) is 0.840. The van der Waals surface area contributed by atoms with Gasteiger partial charge in [-0.05, 0) is 18.8 Å². The summed E-state index contributed by atoms with van der Waals surface area (Å²) in [6.07, 6.45) is 5.40. The van der Waals surface area contributed by atoms with Crippen LogP contribution < -0.4 is 5.32 Å². The van der Waals surface area contributed by atoms with Gasteiger partial charge in [0, 0.05) is 20.1 Å². The van der Waals surface area contributed by atoms with Crippen molar-refractivity contribution >= 4 is 11.7 Å². The number of nitrogens with one attached hydrogen (secondary N) is 1. The number of amides is 1. The SMILES string of the molecule is CNc1cnc(C(=O)N2CCCC(C)C2)cn1. The maximum atomic E-state index is 12.1. The molecule has 2 heterocycles. The summed E-state index contributed by atoms with van der Waals surface area (Å²) in [5, 5.41) is 2.88. The van der Waals surface area contributed by atoms with Crippen molar-refractivity contribution in [1.82, 2.24) is 14.9 Å². The van der Waals surface area contributed by atoms with Gasteiger partial charge in [-0.1, -0.05) is 6.92 Å². The van der Waals surface area contributed by atoms with Crippen molar-refractivity contribution in [2.45, 2.75) is 19.8 Å². The van der Waals surface area contributed by atoms with Gasteiger partial charge in [0.2, 0.25) is 0 Å². The lowest BCUT2D eigenvalue weighted by molar-refractivity contribution is 0.0676. The molecule has 1 amide bonds. The number of anilines is 1. The van der Waals surface area contributed by atoms with E-state index < -0.39 is 0 Å². The molecular formula is C12H18N4O. The molecule has 0 radical (unpaired) electrons. The Kier molecular flexibility index (Phi) is 3.56. The maximum Gasteiger partial charge on any atom is 0.274 e. The second-order valence-corrected chi connectivity index (χ2v) is 4.54. The topological polar surface area (TPSA) is 58.1 Å². The summed E-state index contributed by atoms with van der Waals surface area (Å²) in [4.78, 5) is 22.3. The molecule has 0 spiro atoms. The van der Waals surface area contributed by atoms with Gasteiger partial charge in [0.1, 0.15) is 11.5 Å². The smallest absolute Gasteiger partial charge is 0.274 e. The van der Waals surface area contributed by atoms with Gasteiger partial charge >= 0.3 is 0 Å².